The Kier molecular flexibility index (Phi) is 6.02. The van der Waals surface area contributed by atoms with Gasteiger partial charge < -0.3 is 10.2 Å². The first-order valence-corrected chi connectivity index (χ1v) is 8.98. The van der Waals surface area contributed by atoms with Crippen LogP contribution in [0.1, 0.15) is 25.0 Å². The fourth-order valence-corrected chi connectivity index (χ4v) is 2.73. The summed E-state index contributed by atoms with van der Waals surface area (Å²) in [6.07, 6.45) is 1.70. The van der Waals surface area contributed by atoms with Gasteiger partial charge in [0, 0.05) is 24.2 Å². The van der Waals surface area contributed by atoms with Crippen LogP contribution in [0.3, 0.4) is 0 Å². The molecule has 0 atom stereocenters. The lowest BCUT2D eigenvalue weighted by Gasteiger charge is -2.27. The Hall–Kier alpha value is -2.66. The summed E-state index contributed by atoms with van der Waals surface area (Å²) in [7, 11) is 0. The van der Waals surface area contributed by atoms with E-state index in [4.69, 9.17) is 11.6 Å². The van der Waals surface area contributed by atoms with Crippen molar-refractivity contribution in [2.24, 2.45) is 0 Å². The van der Waals surface area contributed by atoms with Gasteiger partial charge in [0.05, 0.1) is 6.20 Å². The molecule has 5 nitrogen and oxygen atoms in total. The molecule has 0 aliphatic rings. The number of benzene rings is 2. The Morgan fingerprint density at radius 3 is 2.42 bits per heavy atom. The van der Waals surface area contributed by atoms with Gasteiger partial charge in [-0.25, -0.2) is 0 Å². The summed E-state index contributed by atoms with van der Waals surface area (Å²) in [6, 6.07) is 18.3. The van der Waals surface area contributed by atoms with Crippen molar-refractivity contribution in [3.05, 3.63) is 76.9 Å². The molecule has 0 unspecified atom stereocenters. The van der Waals surface area contributed by atoms with E-state index >= 15 is 0 Å². The van der Waals surface area contributed by atoms with Gasteiger partial charge in [-0.1, -0.05) is 54.1 Å². The normalized spacial score (nSPS) is 10.8. The highest BCUT2D eigenvalue weighted by molar-refractivity contribution is 6.30. The summed E-state index contributed by atoms with van der Waals surface area (Å²) in [5, 5.41) is 12.2. The molecule has 0 spiro atoms. The zero-order chi connectivity index (χ0) is 18.4. The second kappa shape index (κ2) is 8.63. The van der Waals surface area contributed by atoms with Gasteiger partial charge in [-0.05, 0) is 37.1 Å². The summed E-state index contributed by atoms with van der Waals surface area (Å²) >= 11 is 5.92. The van der Waals surface area contributed by atoms with Crippen LogP contribution in [0.2, 0.25) is 5.02 Å². The minimum Gasteiger partial charge on any atom is -0.349 e. The topological polar surface area (TPSA) is 53.9 Å². The van der Waals surface area contributed by atoms with E-state index in [1.807, 2.05) is 42.5 Å². The minimum absolute atomic E-state index is 0.288. The smallest absolute Gasteiger partial charge is 0.244 e. The minimum atomic E-state index is 0.288. The molecule has 0 bridgehead atoms. The second-order valence-corrected chi connectivity index (χ2v) is 6.76. The molecule has 3 aromatic rings. The number of aromatic nitrogens is 3. The van der Waals surface area contributed by atoms with Gasteiger partial charge in [0.15, 0.2) is 5.82 Å². The first-order chi connectivity index (χ1) is 12.6. The molecule has 3 rings (SSSR count). The average molecular weight is 368 g/mol. The molecule has 1 N–H and O–H groups in total. The van der Waals surface area contributed by atoms with E-state index in [2.05, 4.69) is 51.4 Å². The Bertz CT molecular complexity index is 821. The molecule has 0 fully saturated rings. The first-order valence-electron chi connectivity index (χ1n) is 8.60. The Morgan fingerprint density at radius 1 is 1.00 bits per heavy atom. The van der Waals surface area contributed by atoms with Crippen LogP contribution >= 0.6 is 11.6 Å². The van der Waals surface area contributed by atoms with Gasteiger partial charge in [-0.3, -0.25) is 0 Å². The Morgan fingerprint density at radius 2 is 1.73 bits per heavy atom. The molecule has 134 valence electrons. The SMILES string of the molecule is CC(C)N(Cc1ccccc1)c1cnnc(NCc2ccc(Cl)cc2)n1. The van der Waals surface area contributed by atoms with Crippen molar-refractivity contribution in [2.75, 3.05) is 10.2 Å². The van der Waals surface area contributed by atoms with E-state index in [1.165, 1.54) is 5.56 Å². The van der Waals surface area contributed by atoms with Crippen molar-refractivity contribution in [1.82, 2.24) is 15.2 Å². The summed E-state index contributed by atoms with van der Waals surface area (Å²) < 4.78 is 0. The van der Waals surface area contributed by atoms with E-state index in [0.29, 0.717) is 12.5 Å². The number of hydrogen-bond acceptors (Lipinski definition) is 5. The van der Waals surface area contributed by atoms with E-state index in [1.54, 1.807) is 6.20 Å². The van der Waals surface area contributed by atoms with Gasteiger partial charge in [0.1, 0.15) is 0 Å². The predicted octanol–water partition coefficient (Wildman–Crippen LogP) is 4.55. The van der Waals surface area contributed by atoms with Crippen LogP contribution in [0.15, 0.2) is 60.8 Å². The van der Waals surface area contributed by atoms with Crippen molar-refractivity contribution < 1.29 is 0 Å². The zero-order valence-electron chi connectivity index (χ0n) is 14.9. The highest BCUT2D eigenvalue weighted by atomic mass is 35.5. The molecule has 1 aromatic heterocycles. The van der Waals surface area contributed by atoms with Crippen LogP contribution in [0.5, 0.6) is 0 Å². The quantitative estimate of drug-likeness (QED) is 0.663. The molecular formula is C20H22ClN5. The molecule has 0 saturated carbocycles. The van der Waals surface area contributed by atoms with Crippen LogP contribution in [-0.4, -0.2) is 21.2 Å². The second-order valence-electron chi connectivity index (χ2n) is 6.33. The van der Waals surface area contributed by atoms with Crippen LogP contribution < -0.4 is 10.2 Å². The number of rotatable bonds is 7. The van der Waals surface area contributed by atoms with E-state index in [-0.39, 0.29) is 6.04 Å². The Labute approximate surface area is 159 Å². The molecule has 1 heterocycles. The van der Waals surface area contributed by atoms with Gasteiger partial charge in [0.2, 0.25) is 5.95 Å². The van der Waals surface area contributed by atoms with Crippen molar-refractivity contribution in [3.63, 3.8) is 0 Å². The number of halogens is 1. The molecule has 0 radical (unpaired) electrons. The highest BCUT2D eigenvalue weighted by Crippen LogP contribution is 2.18. The monoisotopic (exact) mass is 367 g/mol. The lowest BCUT2D eigenvalue weighted by Crippen LogP contribution is -2.31. The maximum absolute atomic E-state index is 5.92. The molecule has 6 heteroatoms. The zero-order valence-corrected chi connectivity index (χ0v) is 15.7. The van der Waals surface area contributed by atoms with Crippen molar-refractivity contribution >= 4 is 23.4 Å². The van der Waals surface area contributed by atoms with Gasteiger partial charge in [-0.15, -0.1) is 5.10 Å². The summed E-state index contributed by atoms with van der Waals surface area (Å²) in [5.74, 6) is 1.31. The summed E-state index contributed by atoms with van der Waals surface area (Å²) in [6.45, 7) is 5.67. The van der Waals surface area contributed by atoms with E-state index in [9.17, 15) is 0 Å². The van der Waals surface area contributed by atoms with Gasteiger partial charge >= 0.3 is 0 Å². The van der Waals surface area contributed by atoms with E-state index < -0.39 is 0 Å². The molecule has 0 amide bonds. The lowest BCUT2D eigenvalue weighted by atomic mass is 10.2. The number of hydrogen-bond donors (Lipinski definition) is 1. The number of nitrogens with one attached hydrogen (secondary N) is 1. The third-order valence-corrected chi connectivity index (χ3v) is 4.28. The number of anilines is 2. The van der Waals surface area contributed by atoms with Crippen molar-refractivity contribution in [2.45, 2.75) is 33.0 Å². The fraction of sp³-hybridized carbons (Fsp3) is 0.250. The van der Waals surface area contributed by atoms with Crippen molar-refractivity contribution in [1.29, 1.82) is 0 Å². The third kappa shape index (κ3) is 4.92. The molecule has 0 aliphatic heterocycles. The average Bonchev–Trinajstić information content (AvgIpc) is 2.66. The van der Waals surface area contributed by atoms with Gasteiger partial charge in [-0.2, -0.15) is 10.1 Å². The number of nitrogens with zero attached hydrogens (tertiary/aromatic N) is 4. The molecule has 0 aliphatic carbocycles. The lowest BCUT2D eigenvalue weighted by molar-refractivity contribution is 0.667. The molecular weight excluding hydrogens is 346 g/mol. The molecule has 0 saturated heterocycles. The van der Waals surface area contributed by atoms with Crippen molar-refractivity contribution in [3.8, 4) is 0 Å². The van der Waals surface area contributed by atoms with Crippen LogP contribution in [0.25, 0.3) is 0 Å². The van der Waals surface area contributed by atoms with E-state index in [0.717, 1.165) is 22.9 Å². The van der Waals surface area contributed by atoms with Gasteiger partial charge in [0.25, 0.3) is 0 Å². The molecule has 2 aromatic carbocycles. The standard InChI is InChI=1S/C20H22ClN5/c1-15(2)26(14-17-6-4-3-5-7-17)19-13-23-25-20(24-19)22-12-16-8-10-18(21)11-9-16/h3-11,13,15H,12,14H2,1-2H3,(H,22,24,25). The highest BCUT2D eigenvalue weighted by Gasteiger charge is 2.14. The molecule has 26 heavy (non-hydrogen) atoms. The van der Waals surface area contributed by atoms with Crippen LogP contribution in [0, 0.1) is 0 Å². The predicted molar refractivity (Wildman–Crippen MR) is 106 cm³/mol. The van der Waals surface area contributed by atoms with Crippen LogP contribution in [0.4, 0.5) is 11.8 Å². The first kappa shape index (κ1) is 18.1. The Balaban J connectivity index is 1.72. The maximum atomic E-state index is 5.92. The largest absolute Gasteiger partial charge is 0.349 e. The third-order valence-electron chi connectivity index (χ3n) is 4.02. The summed E-state index contributed by atoms with van der Waals surface area (Å²) in [4.78, 5) is 6.84. The summed E-state index contributed by atoms with van der Waals surface area (Å²) in [5.41, 5.74) is 2.34. The fourth-order valence-electron chi connectivity index (χ4n) is 2.60. The maximum Gasteiger partial charge on any atom is 0.244 e. The van der Waals surface area contributed by atoms with Crippen LogP contribution in [-0.2, 0) is 13.1 Å².